The molecule has 0 bridgehead atoms. The van der Waals surface area contributed by atoms with E-state index in [-0.39, 0.29) is 0 Å². The van der Waals surface area contributed by atoms with Crippen LogP contribution < -0.4 is 0 Å². The number of hydrogen-bond acceptors (Lipinski definition) is 3. The lowest BCUT2D eigenvalue weighted by Crippen LogP contribution is -2.60. The van der Waals surface area contributed by atoms with Crippen LogP contribution in [0.2, 0.25) is 5.54 Å². The standard InChI is InChI=1S/C11H16F8O3Si/c1-4-20-23(21-5-2,22-6-3)7-8(12,13)10(16,17)11(18,19)9(7,14)15/h7H,4-6H2,1-3H3. The molecule has 0 aromatic heterocycles. The number of halogens is 8. The molecule has 0 spiro atoms. The van der Waals surface area contributed by atoms with Gasteiger partial charge in [-0.1, -0.05) is 0 Å². The highest BCUT2D eigenvalue weighted by Crippen LogP contribution is 2.71. The predicted octanol–water partition coefficient (Wildman–Crippen LogP) is 3.96. The van der Waals surface area contributed by atoms with Crippen molar-refractivity contribution in [3.8, 4) is 0 Å². The smallest absolute Gasteiger partial charge is 0.373 e. The van der Waals surface area contributed by atoms with Crippen LogP contribution in [-0.4, -0.2) is 52.3 Å². The Morgan fingerprint density at radius 1 is 0.652 bits per heavy atom. The van der Waals surface area contributed by atoms with Crippen LogP contribution in [0.5, 0.6) is 0 Å². The summed E-state index contributed by atoms with van der Waals surface area (Å²) in [4.78, 5) is 0. The molecule has 0 heterocycles. The molecule has 1 fully saturated rings. The molecular formula is C11H16F8O3Si. The lowest BCUT2D eigenvalue weighted by atomic mass is 10.2. The summed E-state index contributed by atoms with van der Waals surface area (Å²) >= 11 is 0. The fourth-order valence-electron chi connectivity index (χ4n) is 2.43. The third-order valence-electron chi connectivity index (χ3n) is 3.35. The van der Waals surface area contributed by atoms with Crippen molar-refractivity contribution in [1.29, 1.82) is 0 Å². The molecule has 23 heavy (non-hydrogen) atoms. The van der Waals surface area contributed by atoms with Crippen LogP contribution in [0.15, 0.2) is 0 Å². The van der Waals surface area contributed by atoms with E-state index in [0.29, 0.717) is 0 Å². The summed E-state index contributed by atoms with van der Waals surface area (Å²) < 4.78 is 123. The molecule has 0 amide bonds. The van der Waals surface area contributed by atoms with Gasteiger partial charge in [0.2, 0.25) is 0 Å². The van der Waals surface area contributed by atoms with E-state index >= 15 is 0 Å². The lowest BCUT2D eigenvalue weighted by Gasteiger charge is -2.37. The summed E-state index contributed by atoms with van der Waals surface area (Å²) in [5.41, 5.74) is -3.91. The van der Waals surface area contributed by atoms with Gasteiger partial charge in [0.25, 0.3) is 0 Å². The fourth-order valence-corrected chi connectivity index (χ4v) is 5.64. The van der Waals surface area contributed by atoms with Crippen LogP contribution in [0.3, 0.4) is 0 Å². The van der Waals surface area contributed by atoms with E-state index < -0.39 is 57.9 Å². The molecule has 0 aromatic carbocycles. The third kappa shape index (κ3) is 2.57. The Kier molecular flexibility index (Phi) is 5.47. The van der Waals surface area contributed by atoms with Crippen LogP contribution in [0, 0.1) is 0 Å². The van der Waals surface area contributed by atoms with E-state index in [4.69, 9.17) is 13.3 Å². The van der Waals surface area contributed by atoms with Gasteiger partial charge in [-0.3, -0.25) is 0 Å². The molecule has 0 aromatic rings. The first kappa shape index (κ1) is 20.6. The second kappa shape index (κ2) is 6.12. The van der Waals surface area contributed by atoms with E-state index in [1.165, 1.54) is 20.8 Å². The maximum Gasteiger partial charge on any atom is 0.517 e. The molecule has 0 radical (unpaired) electrons. The third-order valence-corrected chi connectivity index (χ3v) is 6.85. The Balaban J connectivity index is 3.62. The van der Waals surface area contributed by atoms with Crippen molar-refractivity contribution >= 4 is 8.80 Å². The van der Waals surface area contributed by atoms with Gasteiger partial charge in [0.1, 0.15) is 0 Å². The van der Waals surface area contributed by atoms with Crippen LogP contribution in [0.1, 0.15) is 20.8 Å². The first-order valence-corrected chi connectivity index (χ1v) is 8.53. The van der Waals surface area contributed by atoms with Gasteiger partial charge in [0, 0.05) is 19.8 Å². The Bertz CT molecular complexity index is 388. The van der Waals surface area contributed by atoms with Gasteiger partial charge in [-0.2, -0.15) is 35.1 Å². The van der Waals surface area contributed by atoms with Crippen molar-refractivity contribution in [3.05, 3.63) is 0 Å². The van der Waals surface area contributed by atoms with Crippen LogP contribution >= 0.6 is 0 Å². The summed E-state index contributed by atoms with van der Waals surface area (Å²) in [6.07, 6.45) is 0. The van der Waals surface area contributed by atoms with Crippen molar-refractivity contribution < 1.29 is 48.4 Å². The predicted molar refractivity (Wildman–Crippen MR) is 64.2 cm³/mol. The van der Waals surface area contributed by atoms with Gasteiger partial charge in [-0.05, 0) is 20.8 Å². The van der Waals surface area contributed by atoms with Crippen molar-refractivity contribution in [2.45, 2.75) is 50.0 Å². The second-order valence-electron chi connectivity index (χ2n) is 4.73. The Hall–Kier alpha value is -0.463. The molecule has 1 saturated carbocycles. The normalized spacial score (nSPS) is 25.7. The molecule has 0 saturated heterocycles. The molecule has 0 N–H and O–H groups in total. The molecule has 0 atom stereocenters. The zero-order valence-corrected chi connectivity index (χ0v) is 13.4. The zero-order chi connectivity index (χ0) is 18.3. The summed E-state index contributed by atoms with van der Waals surface area (Å²) in [6.45, 7) is 1.98. The molecule has 1 rings (SSSR count). The first-order valence-electron chi connectivity index (χ1n) is 6.73. The molecule has 1 aliphatic rings. The van der Waals surface area contributed by atoms with E-state index in [1.807, 2.05) is 0 Å². The monoisotopic (exact) mass is 376 g/mol. The highest BCUT2D eigenvalue weighted by atomic mass is 28.4. The molecule has 0 unspecified atom stereocenters. The maximum absolute atomic E-state index is 13.9. The summed E-state index contributed by atoms with van der Waals surface area (Å²) in [6, 6.07) is 0. The second-order valence-corrected chi connectivity index (χ2v) is 7.38. The quantitative estimate of drug-likeness (QED) is 0.497. The van der Waals surface area contributed by atoms with Crippen molar-refractivity contribution in [3.63, 3.8) is 0 Å². The number of rotatable bonds is 7. The average Bonchev–Trinajstić information content (AvgIpc) is 2.44. The summed E-state index contributed by atoms with van der Waals surface area (Å²) in [7, 11) is -5.27. The molecule has 12 heteroatoms. The SMILES string of the molecule is CCO[Si](OCC)(OCC)C1C(F)(F)C(F)(F)C(F)(F)C1(F)F. The highest BCUT2D eigenvalue weighted by molar-refractivity contribution is 6.63. The minimum Gasteiger partial charge on any atom is -0.373 e. The van der Waals surface area contributed by atoms with Gasteiger partial charge >= 0.3 is 32.5 Å². The van der Waals surface area contributed by atoms with Crippen LogP contribution in [0.25, 0.3) is 0 Å². The maximum atomic E-state index is 13.9. The average molecular weight is 376 g/mol. The zero-order valence-electron chi connectivity index (χ0n) is 12.4. The van der Waals surface area contributed by atoms with Crippen LogP contribution in [0.4, 0.5) is 35.1 Å². The van der Waals surface area contributed by atoms with E-state index in [1.54, 1.807) is 0 Å². The number of alkyl halides is 8. The van der Waals surface area contributed by atoms with Crippen molar-refractivity contribution in [1.82, 2.24) is 0 Å². The molecular weight excluding hydrogens is 360 g/mol. The van der Waals surface area contributed by atoms with Gasteiger partial charge < -0.3 is 13.3 Å². The van der Waals surface area contributed by atoms with Gasteiger partial charge in [0.05, 0.1) is 0 Å². The minimum absolute atomic E-state index is 0.522. The summed E-state index contributed by atoms with van der Waals surface area (Å²) in [5.74, 6) is -24.1. The lowest BCUT2D eigenvalue weighted by molar-refractivity contribution is -0.303. The van der Waals surface area contributed by atoms with Crippen molar-refractivity contribution in [2.24, 2.45) is 0 Å². The first-order chi connectivity index (χ1) is 10.3. The van der Waals surface area contributed by atoms with Gasteiger partial charge in [-0.15, -0.1) is 0 Å². The Labute approximate surface area is 128 Å². The van der Waals surface area contributed by atoms with E-state index in [9.17, 15) is 35.1 Å². The van der Waals surface area contributed by atoms with Gasteiger partial charge in [-0.25, -0.2) is 0 Å². The molecule has 1 aliphatic carbocycles. The van der Waals surface area contributed by atoms with E-state index in [0.717, 1.165) is 0 Å². The highest BCUT2D eigenvalue weighted by Gasteiger charge is 2.97. The fraction of sp³-hybridized carbons (Fsp3) is 1.00. The summed E-state index contributed by atoms with van der Waals surface area (Å²) in [5, 5.41) is 0. The van der Waals surface area contributed by atoms with E-state index in [2.05, 4.69) is 0 Å². The Morgan fingerprint density at radius 2 is 0.913 bits per heavy atom. The number of hydrogen-bond donors (Lipinski definition) is 0. The van der Waals surface area contributed by atoms with Gasteiger partial charge in [0.15, 0.2) is 5.54 Å². The molecule has 0 aliphatic heterocycles. The largest absolute Gasteiger partial charge is 0.517 e. The molecule has 138 valence electrons. The topological polar surface area (TPSA) is 27.7 Å². The molecule has 3 nitrogen and oxygen atoms in total. The van der Waals surface area contributed by atoms with Crippen LogP contribution in [-0.2, 0) is 13.3 Å². The van der Waals surface area contributed by atoms with Crippen molar-refractivity contribution in [2.75, 3.05) is 19.8 Å². The minimum atomic E-state index is -6.28. The Morgan fingerprint density at radius 3 is 1.13 bits per heavy atom.